The molecule has 8 aromatic rings. The average Bonchev–Trinajstić information content (AvgIpc) is 3.69. The van der Waals surface area contributed by atoms with Gasteiger partial charge < -0.3 is 10.2 Å². The molecular weight excluding hydrogens is 922 g/mol. The van der Waals surface area contributed by atoms with Crippen LogP contribution in [0.2, 0.25) is 5.02 Å². The first kappa shape index (κ1) is 42.3. The first-order valence-electron chi connectivity index (χ1n) is 19.6. The van der Waals surface area contributed by atoms with Crippen molar-refractivity contribution in [3.63, 3.8) is 0 Å². The molecule has 2 aromatic carbocycles. The first-order chi connectivity index (χ1) is 29.1. The standard InChI is InChI=1S/C24H20BrFN4.C15H10ClFN2.C9H11BrN2/c1-14-21(18-6-4-5-9-27-18)29-19-11-16(26)7-8-17(19)22(14)30-13-24(2,3)23-20(30)10-15(25)12-28-23;1-9-14(16)11-6-5-10(17)8-13(11)19-15(9)12-4-2-3-7-18-12;1-9(2)5-12-7-3-6(10)4-11-8(7)9/h4-12H,13H2,1-3H3;2-8H,1H3;3-4,12H,5H2,1-2H3. The molecule has 2 aliphatic rings. The van der Waals surface area contributed by atoms with Crippen molar-refractivity contribution in [3.05, 3.63) is 158 Å². The molecule has 0 saturated heterocycles. The van der Waals surface area contributed by atoms with Crippen molar-refractivity contribution in [2.24, 2.45) is 0 Å². The first-order valence-corrected chi connectivity index (χ1v) is 21.6. The Bertz CT molecular complexity index is 2950. The van der Waals surface area contributed by atoms with E-state index in [4.69, 9.17) is 21.6 Å². The van der Waals surface area contributed by atoms with Crippen molar-refractivity contribution in [1.82, 2.24) is 29.9 Å². The highest BCUT2D eigenvalue weighted by Crippen LogP contribution is 2.48. The van der Waals surface area contributed by atoms with Gasteiger partial charge in [-0.3, -0.25) is 19.9 Å². The van der Waals surface area contributed by atoms with Crippen molar-refractivity contribution in [2.45, 2.75) is 52.4 Å². The van der Waals surface area contributed by atoms with E-state index >= 15 is 0 Å². The monoisotopic (exact) mass is 960 g/mol. The lowest BCUT2D eigenvalue weighted by atomic mass is 9.91. The highest BCUT2D eigenvalue weighted by molar-refractivity contribution is 9.10. The van der Waals surface area contributed by atoms with Gasteiger partial charge >= 0.3 is 0 Å². The van der Waals surface area contributed by atoms with E-state index < -0.39 is 0 Å². The number of halogens is 5. The molecule has 0 amide bonds. The summed E-state index contributed by atoms with van der Waals surface area (Å²) in [5, 5.41) is 5.59. The molecule has 13 heteroatoms. The third-order valence-corrected chi connectivity index (χ3v) is 12.2. The fourth-order valence-corrected chi connectivity index (χ4v) is 8.79. The predicted octanol–water partition coefficient (Wildman–Crippen LogP) is 13.3. The molecule has 1 N–H and O–H groups in total. The number of anilines is 3. The highest BCUT2D eigenvalue weighted by atomic mass is 79.9. The molecule has 8 nitrogen and oxygen atoms in total. The quantitative estimate of drug-likeness (QED) is 0.187. The van der Waals surface area contributed by atoms with Crippen LogP contribution < -0.4 is 10.2 Å². The van der Waals surface area contributed by atoms with Gasteiger partial charge in [0.2, 0.25) is 0 Å². The molecule has 0 spiro atoms. The van der Waals surface area contributed by atoms with E-state index in [9.17, 15) is 8.78 Å². The van der Waals surface area contributed by atoms with Gasteiger partial charge in [-0.25, -0.2) is 18.7 Å². The number of nitrogens with one attached hydrogen (secondary N) is 1. The Morgan fingerprint density at radius 2 is 1.21 bits per heavy atom. The van der Waals surface area contributed by atoms with Gasteiger partial charge in [-0.1, -0.05) is 51.4 Å². The van der Waals surface area contributed by atoms with Gasteiger partial charge in [0, 0.05) is 86.1 Å². The smallest absolute Gasteiger partial charge is 0.125 e. The van der Waals surface area contributed by atoms with E-state index in [2.05, 4.69) is 109 Å². The number of aromatic nitrogens is 6. The van der Waals surface area contributed by atoms with Gasteiger partial charge in [-0.2, -0.15) is 0 Å². The van der Waals surface area contributed by atoms with Crippen molar-refractivity contribution < 1.29 is 8.78 Å². The maximum Gasteiger partial charge on any atom is 0.125 e. The molecule has 2 aliphatic heterocycles. The Balaban J connectivity index is 0.000000141. The van der Waals surface area contributed by atoms with E-state index in [0.29, 0.717) is 21.7 Å². The summed E-state index contributed by atoms with van der Waals surface area (Å²) in [6.45, 7) is 14.5. The van der Waals surface area contributed by atoms with Crippen LogP contribution in [0.3, 0.4) is 0 Å². The number of fused-ring (bicyclic) bond motifs is 4. The van der Waals surface area contributed by atoms with Crippen molar-refractivity contribution in [1.29, 1.82) is 0 Å². The zero-order valence-corrected chi connectivity index (χ0v) is 38.3. The molecule has 10 rings (SSSR count). The fourth-order valence-electron chi connectivity index (χ4n) is 7.89. The topological polar surface area (TPSA) is 92.6 Å². The summed E-state index contributed by atoms with van der Waals surface area (Å²) in [7, 11) is 0. The van der Waals surface area contributed by atoms with Crippen molar-refractivity contribution in [2.75, 3.05) is 23.3 Å². The zero-order chi connectivity index (χ0) is 43.2. The highest BCUT2D eigenvalue weighted by Gasteiger charge is 2.39. The minimum atomic E-state index is -0.327. The SMILES string of the molecule is CC1(C)CNc2cc(Br)cnc21.Cc1c(-c2ccccn2)nc2cc(F)ccc2c1Cl.Cc1c(-c2ccccn2)nc2cc(F)ccc2c1N1CC(C)(C)c2ncc(Br)cc21. The molecule has 8 heterocycles. The Morgan fingerprint density at radius 3 is 1.82 bits per heavy atom. The van der Waals surface area contributed by atoms with Crippen molar-refractivity contribution >= 4 is 82.3 Å². The molecule has 0 atom stereocenters. The summed E-state index contributed by atoms with van der Waals surface area (Å²) in [5.41, 5.74) is 11.5. The molecule has 61 heavy (non-hydrogen) atoms. The zero-order valence-electron chi connectivity index (χ0n) is 34.3. The summed E-state index contributed by atoms with van der Waals surface area (Å²) in [5.74, 6) is -0.629. The second-order valence-corrected chi connectivity index (χ2v) is 18.6. The third kappa shape index (κ3) is 8.45. The number of hydrogen-bond acceptors (Lipinski definition) is 8. The van der Waals surface area contributed by atoms with Crippen LogP contribution in [0.15, 0.2) is 119 Å². The summed E-state index contributed by atoms with van der Waals surface area (Å²) in [6.07, 6.45) is 7.14. The minimum absolute atomic E-state index is 0.122. The Kier molecular flexibility index (Phi) is 11.6. The van der Waals surface area contributed by atoms with Gasteiger partial charge in [0.25, 0.3) is 0 Å². The number of rotatable bonds is 3. The van der Waals surface area contributed by atoms with E-state index in [1.54, 1.807) is 18.5 Å². The molecular formula is C48H41Br2ClF2N8. The number of nitrogens with zero attached hydrogens (tertiary/aromatic N) is 7. The number of hydrogen-bond donors (Lipinski definition) is 1. The van der Waals surface area contributed by atoms with Crippen LogP contribution in [0, 0.1) is 25.5 Å². The van der Waals surface area contributed by atoms with Crippen LogP contribution in [-0.2, 0) is 10.8 Å². The molecule has 6 aromatic heterocycles. The second-order valence-electron chi connectivity index (χ2n) is 16.4. The lowest BCUT2D eigenvalue weighted by molar-refractivity contribution is 0.554. The van der Waals surface area contributed by atoms with Crippen molar-refractivity contribution in [3.8, 4) is 22.8 Å². The van der Waals surface area contributed by atoms with Gasteiger partial charge in [-0.15, -0.1) is 0 Å². The molecule has 0 saturated carbocycles. The van der Waals surface area contributed by atoms with Crippen LogP contribution in [-0.4, -0.2) is 43.0 Å². The summed E-state index contributed by atoms with van der Waals surface area (Å²) >= 11 is 13.3. The largest absolute Gasteiger partial charge is 0.383 e. The second kappa shape index (κ2) is 16.8. The van der Waals surface area contributed by atoms with E-state index in [1.165, 1.54) is 30.0 Å². The third-order valence-electron chi connectivity index (χ3n) is 10.9. The molecule has 0 unspecified atom stereocenters. The van der Waals surface area contributed by atoms with Crippen LogP contribution in [0.4, 0.5) is 25.8 Å². The Labute approximate surface area is 375 Å². The van der Waals surface area contributed by atoms with Crippen LogP contribution in [0.1, 0.15) is 50.2 Å². The van der Waals surface area contributed by atoms with Gasteiger partial charge in [-0.05, 0) is 112 Å². The van der Waals surface area contributed by atoms with Gasteiger partial charge in [0.1, 0.15) is 11.6 Å². The number of pyridine rings is 6. The van der Waals surface area contributed by atoms with Crippen LogP contribution in [0.25, 0.3) is 44.6 Å². The summed E-state index contributed by atoms with van der Waals surface area (Å²) in [4.78, 5) is 29.4. The predicted molar refractivity (Wildman–Crippen MR) is 250 cm³/mol. The summed E-state index contributed by atoms with van der Waals surface area (Å²) in [6, 6.07) is 24.7. The molecule has 0 bridgehead atoms. The summed E-state index contributed by atoms with van der Waals surface area (Å²) < 4.78 is 29.4. The van der Waals surface area contributed by atoms with E-state index in [1.807, 2.05) is 61.8 Å². The Morgan fingerprint density at radius 1 is 0.656 bits per heavy atom. The molecule has 0 aliphatic carbocycles. The lowest BCUT2D eigenvalue weighted by Gasteiger charge is -2.26. The van der Waals surface area contributed by atoms with Crippen LogP contribution in [0.5, 0.6) is 0 Å². The fraction of sp³-hybridized carbons (Fsp3) is 0.208. The van der Waals surface area contributed by atoms with Gasteiger partial charge in [0.05, 0.1) is 67.3 Å². The van der Waals surface area contributed by atoms with E-state index in [-0.39, 0.29) is 22.5 Å². The van der Waals surface area contributed by atoms with Gasteiger partial charge in [0.15, 0.2) is 0 Å². The van der Waals surface area contributed by atoms with E-state index in [0.717, 1.165) is 83.8 Å². The number of benzene rings is 2. The maximum absolute atomic E-state index is 14.1. The van der Waals surface area contributed by atoms with Crippen LogP contribution >= 0.6 is 43.5 Å². The minimum Gasteiger partial charge on any atom is -0.383 e. The Hall–Kier alpha value is -5.43. The lowest BCUT2D eigenvalue weighted by Crippen LogP contribution is -2.26. The average molecular weight is 963 g/mol. The molecule has 308 valence electrons. The molecule has 0 radical (unpaired) electrons. The maximum atomic E-state index is 14.1. The normalized spacial score (nSPS) is 14.4. The molecule has 0 fully saturated rings.